The summed E-state index contributed by atoms with van der Waals surface area (Å²) in [6.07, 6.45) is 0.0201. The lowest BCUT2D eigenvalue weighted by Gasteiger charge is -2.39. The second-order valence-electron chi connectivity index (χ2n) is 9.57. The van der Waals surface area contributed by atoms with Gasteiger partial charge in [0.2, 0.25) is 0 Å². The van der Waals surface area contributed by atoms with E-state index in [-0.39, 0.29) is 23.3 Å². The third-order valence-electron chi connectivity index (χ3n) is 4.65. The zero-order valence-corrected chi connectivity index (χ0v) is 21.1. The average molecular weight is 475 g/mol. The molecule has 0 spiro atoms. The van der Waals surface area contributed by atoms with Gasteiger partial charge in [-0.1, -0.05) is 42.8 Å². The first-order valence-electron chi connectivity index (χ1n) is 9.71. The van der Waals surface area contributed by atoms with Gasteiger partial charge in [-0.3, -0.25) is 0 Å². The number of ether oxygens (including phenoxy) is 2. The zero-order valence-electron chi connectivity index (χ0n) is 18.5. The summed E-state index contributed by atoms with van der Waals surface area (Å²) in [7, 11) is -1.98. The molecule has 1 aromatic rings. The van der Waals surface area contributed by atoms with Gasteiger partial charge >= 0.3 is 6.09 Å². The van der Waals surface area contributed by atoms with Crippen molar-refractivity contribution in [3.8, 4) is 5.75 Å². The summed E-state index contributed by atoms with van der Waals surface area (Å²) in [5.41, 5.74) is -0.321. The van der Waals surface area contributed by atoms with Crippen molar-refractivity contribution >= 4 is 30.3 Å². The van der Waals surface area contributed by atoms with Crippen LogP contribution in [-0.2, 0) is 9.16 Å². The molecule has 0 aliphatic rings. The number of rotatable bonds is 8. The van der Waals surface area contributed by atoms with Crippen LogP contribution in [-0.4, -0.2) is 39.3 Å². The molecule has 1 amide bonds. The number of nitrogens with one attached hydrogen (secondary N) is 1. The third-order valence-corrected chi connectivity index (χ3v) is 9.68. The minimum absolute atomic E-state index is 0.0888. The minimum atomic E-state index is -1.98. The highest BCUT2D eigenvalue weighted by atomic mass is 79.9. The van der Waals surface area contributed by atoms with Crippen LogP contribution in [0.4, 0.5) is 4.79 Å². The van der Waals surface area contributed by atoms with Crippen LogP contribution in [0.3, 0.4) is 0 Å². The fourth-order valence-electron chi connectivity index (χ4n) is 2.14. The fourth-order valence-corrected chi connectivity index (χ4v) is 3.89. The van der Waals surface area contributed by atoms with Gasteiger partial charge in [-0.25, -0.2) is 4.79 Å². The molecule has 160 valence electrons. The molecule has 0 aromatic heterocycles. The molecule has 5 nitrogen and oxygen atoms in total. The molecule has 1 rings (SSSR count). The van der Waals surface area contributed by atoms with E-state index in [1.165, 1.54) is 0 Å². The van der Waals surface area contributed by atoms with E-state index in [4.69, 9.17) is 13.9 Å². The minimum Gasteiger partial charge on any atom is -0.491 e. The van der Waals surface area contributed by atoms with E-state index in [9.17, 15) is 4.79 Å². The number of halogens is 1. The van der Waals surface area contributed by atoms with E-state index in [1.807, 2.05) is 45.0 Å². The van der Waals surface area contributed by atoms with E-state index >= 15 is 0 Å². The number of hydrogen-bond acceptors (Lipinski definition) is 4. The van der Waals surface area contributed by atoms with Crippen LogP contribution in [0.25, 0.3) is 0 Å². The first-order valence-corrected chi connectivity index (χ1v) is 13.4. The van der Waals surface area contributed by atoms with Crippen molar-refractivity contribution < 1.29 is 18.7 Å². The summed E-state index contributed by atoms with van der Waals surface area (Å²) in [5.74, 6) is 0.782. The van der Waals surface area contributed by atoms with Crippen LogP contribution >= 0.6 is 15.9 Å². The summed E-state index contributed by atoms with van der Waals surface area (Å²) in [6, 6.07) is 7.74. The Bertz CT molecular complexity index is 638. The zero-order chi connectivity index (χ0) is 21.6. The normalized spacial score (nSPS) is 13.8. The highest BCUT2D eigenvalue weighted by Gasteiger charge is 2.39. The Hall–Kier alpha value is -1.05. The fraction of sp³-hybridized carbons (Fsp3) is 0.667. The van der Waals surface area contributed by atoms with Crippen LogP contribution in [0, 0.1) is 0 Å². The molecule has 1 N–H and O–H groups in total. The molecule has 1 aromatic carbocycles. The molecule has 0 saturated carbocycles. The topological polar surface area (TPSA) is 56.8 Å². The Morgan fingerprint density at radius 2 is 1.82 bits per heavy atom. The average Bonchev–Trinajstić information content (AvgIpc) is 2.49. The Kier molecular flexibility index (Phi) is 9.03. The first kappa shape index (κ1) is 25.0. The molecule has 0 heterocycles. The summed E-state index contributed by atoms with van der Waals surface area (Å²) in [5, 5.41) is 2.89. The molecule has 0 radical (unpaired) electrons. The van der Waals surface area contributed by atoms with Crippen LogP contribution in [0.15, 0.2) is 28.7 Å². The number of hydrogen-bond donors (Lipinski definition) is 1. The molecule has 0 saturated heterocycles. The van der Waals surface area contributed by atoms with E-state index in [0.29, 0.717) is 13.0 Å². The molecule has 7 heteroatoms. The van der Waals surface area contributed by atoms with Gasteiger partial charge in [0.15, 0.2) is 8.32 Å². The van der Waals surface area contributed by atoms with Crippen molar-refractivity contribution in [2.45, 2.75) is 77.7 Å². The van der Waals surface area contributed by atoms with Gasteiger partial charge in [0.25, 0.3) is 0 Å². The van der Waals surface area contributed by atoms with E-state index in [1.54, 1.807) is 0 Å². The van der Waals surface area contributed by atoms with Gasteiger partial charge in [-0.2, -0.15) is 0 Å². The van der Waals surface area contributed by atoms with Crippen molar-refractivity contribution in [3.63, 3.8) is 0 Å². The second-order valence-corrected chi connectivity index (χ2v) is 15.2. The Labute approximate surface area is 179 Å². The van der Waals surface area contributed by atoms with Crippen molar-refractivity contribution in [3.05, 3.63) is 28.7 Å². The van der Waals surface area contributed by atoms with Crippen molar-refractivity contribution in [1.82, 2.24) is 5.32 Å². The Morgan fingerprint density at radius 3 is 2.36 bits per heavy atom. The molecule has 1 atom stereocenters. The van der Waals surface area contributed by atoms with Crippen molar-refractivity contribution in [1.29, 1.82) is 0 Å². The Balaban J connectivity index is 2.70. The van der Waals surface area contributed by atoms with E-state index < -0.39 is 14.4 Å². The lowest BCUT2D eigenvalue weighted by molar-refractivity contribution is 0.0766. The molecule has 28 heavy (non-hydrogen) atoms. The molecule has 0 aliphatic carbocycles. The van der Waals surface area contributed by atoms with Crippen LogP contribution in [0.1, 0.15) is 48.0 Å². The van der Waals surface area contributed by atoms with Gasteiger partial charge < -0.3 is 19.2 Å². The predicted molar refractivity (Wildman–Crippen MR) is 121 cm³/mol. The predicted octanol–water partition coefficient (Wildman–Crippen LogP) is 6.13. The maximum Gasteiger partial charge on any atom is 0.407 e. The maximum atomic E-state index is 11.9. The second kappa shape index (κ2) is 10.1. The number of amides is 1. The largest absolute Gasteiger partial charge is 0.491 e. The number of carbonyl (C=O) groups is 1. The number of carbonyl (C=O) groups excluding carboxylic acids is 1. The molecule has 0 bridgehead atoms. The monoisotopic (exact) mass is 473 g/mol. The molecule has 0 fully saturated rings. The van der Waals surface area contributed by atoms with Gasteiger partial charge in [0.05, 0.1) is 12.7 Å². The summed E-state index contributed by atoms with van der Waals surface area (Å²) >= 11 is 3.46. The van der Waals surface area contributed by atoms with Gasteiger partial charge in [-0.05, 0) is 57.1 Å². The van der Waals surface area contributed by atoms with Crippen LogP contribution < -0.4 is 10.1 Å². The lowest BCUT2D eigenvalue weighted by atomic mass is 10.1. The lowest BCUT2D eigenvalue weighted by Crippen LogP contribution is -2.46. The smallest absolute Gasteiger partial charge is 0.407 e. The SMILES string of the molecule is CC(C)(C)NC(=O)OCCC(COc1cccc(Br)c1)O[Si](C)(C)C(C)(C)C. The van der Waals surface area contributed by atoms with Gasteiger partial charge in [-0.15, -0.1) is 0 Å². The highest BCUT2D eigenvalue weighted by Crippen LogP contribution is 2.37. The first-order chi connectivity index (χ1) is 12.7. The van der Waals surface area contributed by atoms with Crippen molar-refractivity contribution in [2.75, 3.05) is 13.2 Å². The summed E-state index contributed by atoms with van der Waals surface area (Å²) in [6.45, 7) is 17.5. The maximum absolute atomic E-state index is 11.9. The van der Waals surface area contributed by atoms with Crippen LogP contribution in [0.2, 0.25) is 18.1 Å². The van der Waals surface area contributed by atoms with Crippen molar-refractivity contribution in [2.24, 2.45) is 0 Å². The van der Waals surface area contributed by atoms with Crippen LogP contribution in [0.5, 0.6) is 5.75 Å². The van der Waals surface area contributed by atoms with Gasteiger partial charge in [0, 0.05) is 16.4 Å². The molecule has 1 unspecified atom stereocenters. The third kappa shape index (κ3) is 9.43. The quantitative estimate of drug-likeness (QED) is 0.461. The number of alkyl carbamates (subject to hydrolysis) is 1. The highest BCUT2D eigenvalue weighted by molar-refractivity contribution is 9.10. The molecular weight excluding hydrogens is 438 g/mol. The molecular formula is C21H36BrNO4Si. The van der Waals surface area contributed by atoms with E-state index in [2.05, 4.69) is 55.1 Å². The molecule has 0 aliphatic heterocycles. The standard InChI is InChI=1S/C21H36BrNO4Si/c1-20(2,3)23-19(24)25-13-12-18(27-28(7,8)21(4,5)6)15-26-17-11-9-10-16(22)14-17/h9-11,14,18H,12-13,15H2,1-8H3,(H,23,24). The number of benzene rings is 1. The van der Waals surface area contributed by atoms with Gasteiger partial charge in [0.1, 0.15) is 12.4 Å². The summed E-state index contributed by atoms with van der Waals surface area (Å²) in [4.78, 5) is 11.9. The summed E-state index contributed by atoms with van der Waals surface area (Å²) < 4.78 is 18.8. The Morgan fingerprint density at radius 1 is 1.18 bits per heavy atom. The van der Waals surface area contributed by atoms with E-state index in [0.717, 1.165) is 10.2 Å².